The van der Waals surface area contributed by atoms with Gasteiger partial charge in [0.15, 0.2) is 11.0 Å². The molecule has 1 amide bonds. The molecule has 2 aromatic rings. The zero-order valence-corrected chi connectivity index (χ0v) is 13.4. The molecule has 2 heterocycles. The van der Waals surface area contributed by atoms with Gasteiger partial charge in [0.05, 0.1) is 10.7 Å². The number of amides is 1. The molecule has 0 unspecified atom stereocenters. The predicted molar refractivity (Wildman–Crippen MR) is 82.0 cm³/mol. The normalized spacial score (nSPS) is 11.8. The summed E-state index contributed by atoms with van der Waals surface area (Å²) in [4.78, 5) is 28.2. The Kier molecular flexibility index (Phi) is 5.40. The van der Waals surface area contributed by atoms with Gasteiger partial charge in [-0.2, -0.15) is 0 Å². The maximum Gasteiger partial charge on any atom is 0.352 e. The van der Waals surface area contributed by atoms with Crippen molar-refractivity contribution in [2.75, 3.05) is 5.32 Å². The molecule has 0 aliphatic rings. The summed E-state index contributed by atoms with van der Waals surface area (Å²) in [5.74, 6) is -0.775. The lowest BCUT2D eigenvalue weighted by atomic mass is 10.3. The van der Waals surface area contributed by atoms with Crippen LogP contribution in [-0.2, 0) is 16.0 Å². The summed E-state index contributed by atoms with van der Waals surface area (Å²) in [6.07, 6.45) is 0.998. The topological polar surface area (TPSA) is 94.1 Å². The molecule has 0 saturated carbocycles. The molecule has 116 valence electrons. The van der Waals surface area contributed by atoms with Crippen LogP contribution in [0.2, 0.25) is 5.02 Å². The van der Waals surface area contributed by atoms with Gasteiger partial charge in [0.1, 0.15) is 5.82 Å². The minimum atomic E-state index is -0.975. The third-order valence-electron chi connectivity index (χ3n) is 2.71. The fourth-order valence-electron chi connectivity index (χ4n) is 1.54. The van der Waals surface area contributed by atoms with Crippen molar-refractivity contribution in [3.8, 4) is 0 Å². The minimum Gasteiger partial charge on any atom is -0.448 e. The third kappa shape index (κ3) is 3.99. The molecular weight excluding hydrogens is 328 g/mol. The maximum atomic E-state index is 12.0. The smallest absolute Gasteiger partial charge is 0.352 e. The van der Waals surface area contributed by atoms with Gasteiger partial charge in [-0.3, -0.25) is 4.79 Å². The highest BCUT2D eigenvalue weighted by atomic mass is 35.5. The van der Waals surface area contributed by atoms with Gasteiger partial charge in [-0.25, -0.2) is 9.78 Å². The Morgan fingerprint density at radius 3 is 2.86 bits per heavy atom. The van der Waals surface area contributed by atoms with Crippen molar-refractivity contribution in [3.05, 3.63) is 33.9 Å². The predicted octanol–water partition coefficient (Wildman–Crippen LogP) is 2.33. The van der Waals surface area contributed by atoms with Gasteiger partial charge in [-0.15, -0.1) is 5.10 Å². The number of aryl methyl sites for hydroxylation is 1. The van der Waals surface area contributed by atoms with Gasteiger partial charge in [0, 0.05) is 6.20 Å². The Hall–Kier alpha value is -2.06. The number of halogens is 1. The van der Waals surface area contributed by atoms with Crippen molar-refractivity contribution in [1.29, 1.82) is 0 Å². The summed E-state index contributed by atoms with van der Waals surface area (Å²) in [6, 6.07) is 3.15. The molecule has 0 radical (unpaired) electrons. The monoisotopic (exact) mass is 340 g/mol. The second kappa shape index (κ2) is 7.28. The Morgan fingerprint density at radius 1 is 1.45 bits per heavy atom. The zero-order chi connectivity index (χ0) is 16.1. The lowest BCUT2D eigenvalue weighted by molar-refractivity contribution is -0.123. The summed E-state index contributed by atoms with van der Waals surface area (Å²) in [5.41, 5.74) is 0.557. The van der Waals surface area contributed by atoms with Crippen LogP contribution >= 0.6 is 23.1 Å². The van der Waals surface area contributed by atoms with E-state index in [1.807, 2.05) is 6.92 Å². The SMILES string of the molecule is CCc1nnsc1C(=O)O[C@H](C)C(=O)Nc1ccc(Cl)cn1. The summed E-state index contributed by atoms with van der Waals surface area (Å²) >= 11 is 6.66. The Labute approximate surface area is 135 Å². The van der Waals surface area contributed by atoms with Crippen LogP contribution in [0.5, 0.6) is 0 Å². The highest BCUT2D eigenvalue weighted by molar-refractivity contribution is 7.07. The quantitative estimate of drug-likeness (QED) is 0.839. The Balaban J connectivity index is 1.96. The molecule has 7 nitrogen and oxygen atoms in total. The number of esters is 1. The molecule has 1 N–H and O–H groups in total. The van der Waals surface area contributed by atoms with Crippen LogP contribution in [0.15, 0.2) is 18.3 Å². The molecule has 2 rings (SSSR count). The fraction of sp³-hybridized carbons (Fsp3) is 0.308. The van der Waals surface area contributed by atoms with Crippen LogP contribution in [0.3, 0.4) is 0 Å². The van der Waals surface area contributed by atoms with E-state index in [1.54, 1.807) is 12.1 Å². The van der Waals surface area contributed by atoms with Crippen molar-refractivity contribution >= 4 is 40.8 Å². The van der Waals surface area contributed by atoms with Crippen molar-refractivity contribution in [2.45, 2.75) is 26.4 Å². The number of carbonyl (C=O) groups excluding carboxylic acids is 2. The van der Waals surface area contributed by atoms with Crippen molar-refractivity contribution in [1.82, 2.24) is 14.6 Å². The van der Waals surface area contributed by atoms with E-state index in [0.29, 0.717) is 27.8 Å². The largest absolute Gasteiger partial charge is 0.448 e. The van der Waals surface area contributed by atoms with E-state index in [4.69, 9.17) is 16.3 Å². The second-order valence-corrected chi connectivity index (χ2v) is 5.49. The van der Waals surface area contributed by atoms with E-state index >= 15 is 0 Å². The summed E-state index contributed by atoms with van der Waals surface area (Å²) in [6.45, 7) is 3.33. The number of ether oxygens (including phenoxy) is 1. The van der Waals surface area contributed by atoms with E-state index in [-0.39, 0.29) is 0 Å². The van der Waals surface area contributed by atoms with Gasteiger partial charge in [-0.05, 0) is 37.0 Å². The van der Waals surface area contributed by atoms with Crippen LogP contribution in [0.1, 0.15) is 29.2 Å². The number of pyridine rings is 1. The first-order valence-corrected chi connectivity index (χ1v) is 7.61. The van der Waals surface area contributed by atoms with Crippen LogP contribution in [-0.4, -0.2) is 32.6 Å². The molecule has 0 fully saturated rings. The van der Waals surface area contributed by atoms with E-state index in [2.05, 4.69) is 19.9 Å². The average molecular weight is 341 g/mol. The first kappa shape index (κ1) is 16.3. The lowest BCUT2D eigenvalue weighted by Gasteiger charge is -2.12. The number of carbonyl (C=O) groups is 2. The second-order valence-electron chi connectivity index (χ2n) is 4.30. The molecule has 22 heavy (non-hydrogen) atoms. The summed E-state index contributed by atoms with van der Waals surface area (Å²) in [5, 5.41) is 6.82. The van der Waals surface area contributed by atoms with E-state index in [0.717, 1.165) is 11.5 Å². The van der Waals surface area contributed by atoms with Gasteiger partial charge in [-0.1, -0.05) is 23.0 Å². The average Bonchev–Trinajstić information content (AvgIpc) is 2.98. The number of rotatable bonds is 5. The molecule has 0 bridgehead atoms. The molecule has 0 aliphatic carbocycles. The number of anilines is 1. The number of nitrogens with zero attached hydrogens (tertiary/aromatic N) is 3. The Bertz CT molecular complexity index is 674. The summed E-state index contributed by atoms with van der Waals surface area (Å²) in [7, 11) is 0. The number of nitrogens with one attached hydrogen (secondary N) is 1. The van der Waals surface area contributed by atoms with Crippen molar-refractivity contribution in [2.24, 2.45) is 0 Å². The lowest BCUT2D eigenvalue weighted by Crippen LogP contribution is -2.30. The van der Waals surface area contributed by atoms with Crippen molar-refractivity contribution in [3.63, 3.8) is 0 Å². The first-order valence-electron chi connectivity index (χ1n) is 6.46. The van der Waals surface area contributed by atoms with Crippen LogP contribution in [0.25, 0.3) is 0 Å². The van der Waals surface area contributed by atoms with Gasteiger partial charge in [0.2, 0.25) is 0 Å². The molecule has 9 heteroatoms. The first-order chi connectivity index (χ1) is 10.5. The number of hydrogen-bond acceptors (Lipinski definition) is 7. The van der Waals surface area contributed by atoms with E-state index in [1.165, 1.54) is 13.1 Å². The van der Waals surface area contributed by atoms with Crippen LogP contribution in [0, 0.1) is 0 Å². The van der Waals surface area contributed by atoms with Gasteiger partial charge < -0.3 is 10.1 Å². The summed E-state index contributed by atoms with van der Waals surface area (Å²) < 4.78 is 8.83. The van der Waals surface area contributed by atoms with Crippen molar-refractivity contribution < 1.29 is 14.3 Å². The molecule has 0 spiro atoms. The Morgan fingerprint density at radius 2 is 2.23 bits per heavy atom. The number of hydrogen-bond donors (Lipinski definition) is 1. The molecule has 1 atom stereocenters. The molecule has 0 saturated heterocycles. The zero-order valence-electron chi connectivity index (χ0n) is 11.9. The third-order valence-corrected chi connectivity index (χ3v) is 3.68. The fourth-order valence-corrected chi connectivity index (χ4v) is 2.29. The van der Waals surface area contributed by atoms with Crippen LogP contribution < -0.4 is 5.32 Å². The highest BCUT2D eigenvalue weighted by Gasteiger charge is 2.23. The van der Waals surface area contributed by atoms with Gasteiger partial charge in [0.25, 0.3) is 5.91 Å². The highest BCUT2D eigenvalue weighted by Crippen LogP contribution is 2.14. The van der Waals surface area contributed by atoms with Gasteiger partial charge >= 0.3 is 5.97 Å². The number of aromatic nitrogens is 3. The molecule has 0 aromatic carbocycles. The van der Waals surface area contributed by atoms with E-state index < -0.39 is 18.0 Å². The standard InChI is InChI=1S/C13H13ClN4O3S/c1-3-9-11(22-18-17-9)13(20)21-7(2)12(19)16-10-5-4-8(14)6-15-10/h4-7H,3H2,1-2H3,(H,15,16,19)/t7-/m1/s1. The maximum absolute atomic E-state index is 12.0. The molecule has 2 aromatic heterocycles. The van der Waals surface area contributed by atoms with Crippen LogP contribution in [0.4, 0.5) is 5.82 Å². The van der Waals surface area contributed by atoms with E-state index in [9.17, 15) is 9.59 Å². The molecule has 0 aliphatic heterocycles. The molecular formula is C13H13ClN4O3S. The minimum absolute atomic E-state index is 0.312.